The van der Waals surface area contributed by atoms with Gasteiger partial charge in [-0.1, -0.05) is 36.4 Å². The Morgan fingerprint density at radius 3 is 2.17 bits per heavy atom. The molecule has 3 aromatic rings. The van der Waals surface area contributed by atoms with Crippen LogP contribution in [0.2, 0.25) is 0 Å². The Bertz CT molecular complexity index is 948. The van der Waals surface area contributed by atoms with Crippen molar-refractivity contribution in [1.82, 2.24) is 19.6 Å². The molecule has 3 heterocycles. The fourth-order valence-electron chi connectivity index (χ4n) is 4.23. The molecule has 29 heavy (non-hydrogen) atoms. The lowest BCUT2D eigenvalue weighted by Gasteiger charge is -2.37. The summed E-state index contributed by atoms with van der Waals surface area (Å²) < 4.78 is 7.99. The number of nitrogens with zero attached hydrogens (tertiary/aromatic N) is 4. The van der Waals surface area contributed by atoms with E-state index in [2.05, 4.69) is 10.00 Å². The number of carbonyl (C=O) groups is 1. The third-order valence-electron chi connectivity index (χ3n) is 5.82. The maximum Gasteiger partial charge on any atom is 0.234 e. The molecule has 0 atom stereocenters. The van der Waals surface area contributed by atoms with Crippen LogP contribution in [0, 0.1) is 0 Å². The van der Waals surface area contributed by atoms with Gasteiger partial charge in [-0.3, -0.25) is 14.4 Å². The predicted octanol–water partition coefficient (Wildman–Crippen LogP) is 2.97. The molecule has 1 aromatic heterocycles. The fourth-order valence-corrected chi connectivity index (χ4v) is 4.23. The molecule has 2 aliphatic rings. The molecule has 5 rings (SSSR count). The van der Waals surface area contributed by atoms with Crippen molar-refractivity contribution in [3.63, 3.8) is 0 Å². The van der Waals surface area contributed by atoms with E-state index < -0.39 is 0 Å². The zero-order valence-corrected chi connectivity index (χ0v) is 16.3. The Hall–Kier alpha value is -3.12. The number of ether oxygens (including phenoxy) is 1. The van der Waals surface area contributed by atoms with Crippen molar-refractivity contribution in [1.29, 1.82) is 0 Å². The summed E-state index contributed by atoms with van der Waals surface area (Å²) in [5.41, 5.74) is 1.91. The molecule has 0 saturated carbocycles. The summed E-state index contributed by atoms with van der Waals surface area (Å²) in [6.07, 6.45) is 3.79. The Labute approximate surface area is 170 Å². The van der Waals surface area contributed by atoms with Gasteiger partial charge in [0.2, 0.25) is 5.91 Å². The van der Waals surface area contributed by atoms with Gasteiger partial charge in [0.1, 0.15) is 11.5 Å². The van der Waals surface area contributed by atoms with Crippen molar-refractivity contribution in [3.8, 4) is 11.5 Å². The largest absolute Gasteiger partial charge is 0.457 e. The number of para-hydroxylation sites is 2. The van der Waals surface area contributed by atoms with Crippen molar-refractivity contribution in [2.24, 2.45) is 0 Å². The quantitative estimate of drug-likeness (QED) is 0.690. The predicted molar refractivity (Wildman–Crippen MR) is 110 cm³/mol. The molecule has 2 aliphatic heterocycles. The molecule has 1 fully saturated rings. The SMILES string of the molecule is O=C(C1c2ccccc2Oc2ccccc21)N1CCN(CCn2cccn2)CC1. The minimum atomic E-state index is -0.299. The average Bonchev–Trinajstić information content (AvgIpc) is 3.30. The van der Waals surface area contributed by atoms with Gasteiger partial charge < -0.3 is 9.64 Å². The number of benzene rings is 2. The van der Waals surface area contributed by atoms with E-state index in [0.29, 0.717) is 0 Å². The second kappa shape index (κ2) is 7.72. The van der Waals surface area contributed by atoms with Crippen molar-refractivity contribution in [2.45, 2.75) is 12.5 Å². The number of rotatable bonds is 4. The molecule has 6 heteroatoms. The molecule has 0 bridgehead atoms. The molecule has 148 valence electrons. The number of piperazine rings is 1. The van der Waals surface area contributed by atoms with Crippen LogP contribution in [0.3, 0.4) is 0 Å². The summed E-state index contributed by atoms with van der Waals surface area (Å²) >= 11 is 0. The standard InChI is InChI=1S/C23H24N4O2/c28-23(26-15-12-25(13-16-26)14-17-27-11-5-10-24-27)22-18-6-1-3-8-20(18)29-21-9-4-2-7-19(21)22/h1-11,22H,12-17H2. The van der Waals surface area contributed by atoms with E-state index in [1.165, 1.54) is 0 Å². The molecule has 1 amide bonds. The molecular weight excluding hydrogens is 364 g/mol. The Balaban J connectivity index is 1.30. The van der Waals surface area contributed by atoms with Gasteiger partial charge in [-0.25, -0.2) is 0 Å². The second-order valence-corrected chi connectivity index (χ2v) is 7.55. The Morgan fingerprint density at radius 2 is 1.55 bits per heavy atom. The molecule has 2 aromatic carbocycles. The number of hydrogen-bond donors (Lipinski definition) is 0. The van der Waals surface area contributed by atoms with Gasteiger partial charge in [0.05, 0.1) is 12.5 Å². The van der Waals surface area contributed by atoms with Gasteiger partial charge in [0.25, 0.3) is 0 Å². The van der Waals surface area contributed by atoms with E-state index >= 15 is 0 Å². The lowest BCUT2D eigenvalue weighted by atomic mass is 9.86. The summed E-state index contributed by atoms with van der Waals surface area (Å²) in [6.45, 7) is 5.10. The lowest BCUT2D eigenvalue weighted by Crippen LogP contribution is -2.50. The molecule has 1 saturated heterocycles. The van der Waals surface area contributed by atoms with Crippen LogP contribution in [-0.2, 0) is 11.3 Å². The van der Waals surface area contributed by atoms with Crippen molar-refractivity contribution < 1.29 is 9.53 Å². The first-order chi connectivity index (χ1) is 14.3. The van der Waals surface area contributed by atoms with E-state index in [1.807, 2.05) is 70.4 Å². The minimum Gasteiger partial charge on any atom is -0.457 e. The molecule has 0 unspecified atom stereocenters. The monoisotopic (exact) mass is 388 g/mol. The number of aromatic nitrogens is 2. The van der Waals surface area contributed by atoms with Crippen LogP contribution < -0.4 is 4.74 Å². The first kappa shape index (κ1) is 17.9. The van der Waals surface area contributed by atoms with Crippen molar-refractivity contribution in [3.05, 3.63) is 78.1 Å². The van der Waals surface area contributed by atoms with Crippen LogP contribution >= 0.6 is 0 Å². The molecule has 0 spiro atoms. The highest BCUT2D eigenvalue weighted by Crippen LogP contribution is 2.44. The highest BCUT2D eigenvalue weighted by atomic mass is 16.5. The Morgan fingerprint density at radius 1 is 0.897 bits per heavy atom. The Kier molecular flexibility index (Phi) is 4.77. The normalized spacial score (nSPS) is 16.8. The fraction of sp³-hybridized carbons (Fsp3) is 0.304. The van der Waals surface area contributed by atoms with E-state index in [0.717, 1.165) is 61.9 Å². The maximum atomic E-state index is 13.6. The maximum absolute atomic E-state index is 13.6. The van der Waals surface area contributed by atoms with Gasteiger partial charge in [-0.05, 0) is 18.2 Å². The summed E-state index contributed by atoms with van der Waals surface area (Å²) in [7, 11) is 0. The van der Waals surface area contributed by atoms with Gasteiger partial charge in [0, 0.05) is 56.2 Å². The van der Waals surface area contributed by atoms with Crippen LogP contribution in [0.1, 0.15) is 17.0 Å². The summed E-state index contributed by atoms with van der Waals surface area (Å²) in [5.74, 6) is 1.43. The van der Waals surface area contributed by atoms with Crippen molar-refractivity contribution >= 4 is 5.91 Å². The molecule has 0 N–H and O–H groups in total. The lowest BCUT2D eigenvalue weighted by molar-refractivity contribution is -0.133. The van der Waals surface area contributed by atoms with Gasteiger partial charge in [-0.15, -0.1) is 0 Å². The average molecular weight is 388 g/mol. The first-order valence-corrected chi connectivity index (χ1v) is 10.1. The zero-order valence-electron chi connectivity index (χ0n) is 16.3. The first-order valence-electron chi connectivity index (χ1n) is 10.1. The van der Waals surface area contributed by atoms with E-state index in [4.69, 9.17) is 4.74 Å². The van der Waals surface area contributed by atoms with Crippen LogP contribution in [-0.4, -0.2) is 58.2 Å². The zero-order chi connectivity index (χ0) is 19.6. The van der Waals surface area contributed by atoms with E-state index in [9.17, 15) is 4.79 Å². The smallest absolute Gasteiger partial charge is 0.234 e. The molecule has 6 nitrogen and oxygen atoms in total. The van der Waals surface area contributed by atoms with E-state index in [-0.39, 0.29) is 11.8 Å². The van der Waals surface area contributed by atoms with E-state index in [1.54, 1.807) is 6.20 Å². The van der Waals surface area contributed by atoms with Crippen LogP contribution in [0.25, 0.3) is 0 Å². The number of amides is 1. The summed E-state index contributed by atoms with van der Waals surface area (Å²) in [5, 5.41) is 4.26. The second-order valence-electron chi connectivity index (χ2n) is 7.55. The number of fused-ring (bicyclic) bond motifs is 2. The van der Waals surface area contributed by atoms with Crippen LogP contribution in [0.4, 0.5) is 0 Å². The highest BCUT2D eigenvalue weighted by molar-refractivity contribution is 5.89. The number of carbonyl (C=O) groups excluding carboxylic acids is 1. The van der Waals surface area contributed by atoms with Gasteiger partial charge in [0.15, 0.2) is 0 Å². The number of hydrogen-bond acceptors (Lipinski definition) is 4. The third-order valence-corrected chi connectivity index (χ3v) is 5.82. The molecule has 0 radical (unpaired) electrons. The summed E-state index contributed by atoms with van der Waals surface area (Å²) in [6, 6.07) is 17.7. The summed E-state index contributed by atoms with van der Waals surface area (Å²) in [4.78, 5) is 18.0. The van der Waals surface area contributed by atoms with Crippen LogP contribution in [0.5, 0.6) is 11.5 Å². The molecular formula is C23H24N4O2. The highest BCUT2D eigenvalue weighted by Gasteiger charge is 2.35. The van der Waals surface area contributed by atoms with Crippen LogP contribution in [0.15, 0.2) is 67.0 Å². The third kappa shape index (κ3) is 3.51. The minimum absolute atomic E-state index is 0.167. The van der Waals surface area contributed by atoms with Crippen molar-refractivity contribution in [2.75, 3.05) is 32.7 Å². The topological polar surface area (TPSA) is 50.6 Å². The van der Waals surface area contributed by atoms with Gasteiger partial charge in [-0.2, -0.15) is 5.10 Å². The van der Waals surface area contributed by atoms with Gasteiger partial charge >= 0.3 is 0 Å². The molecule has 0 aliphatic carbocycles.